The Morgan fingerprint density at radius 1 is 0.906 bits per heavy atom. The van der Waals surface area contributed by atoms with Crippen molar-refractivity contribution in [3.8, 4) is 33.8 Å². The van der Waals surface area contributed by atoms with Crippen molar-refractivity contribution in [2.24, 2.45) is 0 Å². The molecule has 0 aliphatic heterocycles. The lowest BCUT2D eigenvalue weighted by Crippen LogP contribution is -2.14. The quantitative estimate of drug-likeness (QED) is 0.448. The minimum atomic E-state index is -3.36. The van der Waals surface area contributed by atoms with Crippen LogP contribution in [0.5, 0.6) is 0 Å². The number of hydrogen-bond donors (Lipinski definition) is 1. The highest BCUT2D eigenvalue weighted by Gasteiger charge is 2.19. The first-order chi connectivity index (χ1) is 15.4. The molecule has 0 atom stereocenters. The normalized spacial score (nSPS) is 11.8. The lowest BCUT2D eigenvalue weighted by Gasteiger charge is -2.08. The van der Waals surface area contributed by atoms with Crippen LogP contribution in [0.3, 0.4) is 0 Å². The van der Waals surface area contributed by atoms with Gasteiger partial charge in [0.05, 0.1) is 15.8 Å². The van der Waals surface area contributed by atoms with Crippen molar-refractivity contribution in [2.45, 2.75) is 30.5 Å². The lowest BCUT2D eigenvalue weighted by molar-refractivity contribution is 0.435. The van der Waals surface area contributed by atoms with Gasteiger partial charge in [0.15, 0.2) is 15.6 Å². The summed E-state index contributed by atoms with van der Waals surface area (Å²) in [6, 6.07) is 15.2. The van der Waals surface area contributed by atoms with Crippen molar-refractivity contribution in [1.82, 2.24) is 20.4 Å². The summed E-state index contributed by atoms with van der Waals surface area (Å²) in [6.07, 6.45) is 4.77. The minimum absolute atomic E-state index is 0.209. The predicted octanol–water partition coefficient (Wildman–Crippen LogP) is 4.37. The minimum Gasteiger partial charge on any atom is -0.356 e. The number of nitrogens with one attached hydrogen (secondary N) is 1. The first-order valence-corrected chi connectivity index (χ1v) is 11.8. The van der Waals surface area contributed by atoms with Crippen LogP contribution in [0.4, 0.5) is 0 Å². The molecule has 0 spiro atoms. The molecular formula is C24H24N4O3S. The summed E-state index contributed by atoms with van der Waals surface area (Å²) in [7, 11) is -1.45. The third-order valence-corrected chi connectivity index (χ3v) is 7.28. The van der Waals surface area contributed by atoms with Crippen LogP contribution in [0.1, 0.15) is 19.4 Å². The van der Waals surface area contributed by atoms with Crippen LogP contribution in [-0.4, -0.2) is 35.8 Å². The van der Waals surface area contributed by atoms with Crippen molar-refractivity contribution in [3.63, 3.8) is 0 Å². The van der Waals surface area contributed by atoms with Crippen LogP contribution in [0, 0.1) is 0 Å². The summed E-state index contributed by atoms with van der Waals surface area (Å²) in [5.41, 5.74) is 5.04. The molecule has 4 aromatic rings. The first kappa shape index (κ1) is 21.9. The summed E-state index contributed by atoms with van der Waals surface area (Å²) in [4.78, 5) is 8.85. The van der Waals surface area contributed by atoms with Gasteiger partial charge in [-0.2, -0.15) is 0 Å². The Bertz CT molecular complexity index is 1310. The number of rotatable bonds is 7. The molecule has 0 amide bonds. The van der Waals surface area contributed by atoms with Gasteiger partial charge in [-0.25, -0.2) is 8.42 Å². The Balaban J connectivity index is 1.59. The highest BCUT2D eigenvalue weighted by Crippen LogP contribution is 2.29. The molecule has 0 fully saturated rings. The average molecular weight is 449 g/mol. The highest BCUT2D eigenvalue weighted by atomic mass is 32.2. The molecule has 0 aliphatic carbocycles. The van der Waals surface area contributed by atoms with Gasteiger partial charge in [-0.1, -0.05) is 29.4 Å². The second kappa shape index (κ2) is 9.02. The fourth-order valence-corrected chi connectivity index (χ4v) is 4.25. The summed E-state index contributed by atoms with van der Waals surface area (Å²) >= 11 is 0. The molecule has 3 heterocycles. The summed E-state index contributed by atoms with van der Waals surface area (Å²) in [5.74, 6) is 0.590. The zero-order chi connectivity index (χ0) is 22.7. The molecule has 0 saturated heterocycles. The van der Waals surface area contributed by atoms with Crippen LogP contribution >= 0.6 is 0 Å². The van der Waals surface area contributed by atoms with E-state index < -0.39 is 15.1 Å². The van der Waals surface area contributed by atoms with Gasteiger partial charge in [0.1, 0.15) is 5.69 Å². The fraction of sp³-hybridized carbons (Fsp3) is 0.208. The van der Waals surface area contributed by atoms with E-state index in [0.717, 1.165) is 28.9 Å². The Hall–Kier alpha value is -3.36. The topological polar surface area (TPSA) is 98.0 Å². The van der Waals surface area contributed by atoms with Crippen LogP contribution in [0.25, 0.3) is 33.8 Å². The maximum absolute atomic E-state index is 12.3. The van der Waals surface area contributed by atoms with E-state index in [2.05, 4.69) is 32.6 Å². The molecule has 8 heteroatoms. The van der Waals surface area contributed by atoms with E-state index in [9.17, 15) is 8.42 Å². The molecule has 3 aromatic heterocycles. The number of benzene rings is 1. The Kier molecular flexibility index (Phi) is 6.16. The van der Waals surface area contributed by atoms with Crippen LogP contribution in [0.2, 0.25) is 0 Å². The number of aromatic nitrogens is 3. The number of sulfone groups is 1. The molecule has 32 heavy (non-hydrogen) atoms. The molecule has 1 N–H and O–H groups in total. The Morgan fingerprint density at radius 2 is 1.66 bits per heavy atom. The van der Waals surface area contributed by atoms with Gasteiger partial charge in [-0.3, -0.25) is 9.97 Å². The van der Waals surface area contributed by atoms with Crippen molar-refractivity contribution in [3.05, 3.63) is 72.7 Å². The molecule has 0 radical (unpaired) electrons. The molecule has 0 unspecified atom stereocenters. The standard InChI is InChI=1S/C24H24N4O3S/c1-16(2)32(29,30)21-8-9-22(27-15-21)19-10-20(14-26-13-19)24-11-23(28-31-24)18-6-4-17(5-7-18)12-25-3/h4-11,13-16,25H,12H2,1-3H3. The number of hydrogen-bond acceptors (Lipinski definition) is 7. The van der Waals surface area contributed by atoms with E-state index in [0.29, 0.717) is 11.5 Å². The van der Waals surface area contributed by atoms with E-state index in [1.165, 1.54) is 11.8 Å². The fourth-order valence-electron chi connectivity index (χ4n) is 3.25. The third kappa shape index (κ3) is 4.46. The third-order valence-electron chi connectivity index (χ3n) is 5.14. The van der Waals surface area contributed by atoms with Gasteiger partial charge >= 0.3 is 0 Å². The van der Waals surface area contributed by atoms with Crippen LogP contribution < -0.4 is 5.32 Å². The van der Waals surface area contributed by atoms with Gasteiger partial charge in [-0.05, 0) is 44.7 Å². The van der Waals surface area contributed by atoms with Crippen molar-refractivity contribution in [2.75, 3.05) is 7.05 Å². The van der Waals surface area contributed by atoms with E-state index in [4.69, 9.17) is 4.52 Å². The monoisotopic (exact) mass is 448 g/mol. The maximum Gasteiger partial charge on any atom is 0.182 e. The van der Waals surface area contributed by atoms with Crippen LogP contribution in [-0.2, 0) is 16.4 Å². The molecular weight excluding hydrogens is 424 g/mol. The van der Waals surface area contributed by atoms with Crippen LogP contribution in [0.15, 0.2) is 76.5 Å². The molecule has 0 bridgehead atoms. The average Bonchev–Trinajstić information content (AvgIpc) is 3.30. The second-order valence-electron chi connectivity index (χ2n) is 7.74. The number of pyridine rings is 2. The predicted molar refractivity (Wildman–Crippen MR) is 123 cm³/mol. The van der Waals surface area contributed by atoms with Crippen molar-refractivity contribution < 1.29 is 12.9 Å². The molecule has 1 aromatic carbocycles. The van der Waals surface area contributed by atoms with E-state index >= 15 is 0 Å². The van der Waals surface area contributed by atoms with E-state index in [1.54, 1.807) is 38.4 Å². The summed E-state index contributed by atoms with van der Waals surface area (Å²) < 4.78 is 30.2. The second-order valence-corrected chi connectivity index (χ2v) is 10.2. The molecule has 4 rings (SSSR count). The smallest absolute Gasteiger partial charge is 0.182 e. The lowest BCUT2D eigenvalue weighted by atomic mass is 10.1. The Labute approximate surface area is 187 Å². The SMILES string of the molecule is CNCc1ccc(-c2cc(-c3cncc(-c4ccc(S(=O)(=O)C(C)C)cn4)c3)on2)cc1. The first-order valence-electron chi connectivity index (χ1n) is 10.2. The zero-order valence-electron chi connectivity index (χ0n) is 18.1. The number of nitrogens with zero attached hydrogens (tertiary/aromatic N) is 3. The largest absolute Gasteiger partial charge is 0.356 e. The van der Waals surface area contributed by atoms with Crippen molar-refractivity contribution in [1.29, 1.82) is 0 Å². The molecule has 0 aliphatic rings. The zero-order valence-corrected chi connectivity index (χ0v) is 18.9. The summed E-state index contributed by atoms with van der Waals surface area (Å²) in [6.45, 7) is 4.11. The van der Waals surface area contributed by atoms with Gasteiger partial charge in [-0.15, -0.1) is 0 Å². The van der Waals surface area contributed by atoms with Gasteiger partial charge in [0, 0.05) is 47.9 Å². The molecule has 164 valence electrons. The molecule has 0 saturated carbocycles. The maximum atomic E-state index is 12.3. The van der Waals surface area contributed by atoms with E-state index in [1.807, 2.05) is 31.3 Å². The molecule has 7 nitrogen and oxygen atoms in total. The van der Waals surface area contributed by atoms with Gasteiger partial charge < -0.3 is 9.84 Å². The highest BCUT2D eigenvalue weighted by molar-refractivity contribution is 7.92. The van der Waals surface area contributed by atoms with Gasteiger partial charge in [0.2, 0.25) is 0 Å². The summed E-state index contributed by atoms with van der Waals surface area (Å²) in [5, 5.41) is 6.82. The van der Waals surface area contributed by atoms with Crippen molar-refractivity contribution >= 4 is 9.84 Å². The van der Waals surface area contributed by atoms with E-state index in [-0.39, 0.29) is 4.90 Å². The Morgan fingerprint density at radius 3 is 2.31 bits per heavy atom. The van der Waals surface area contributed by atoms with Gasteiger partial charge in [0.25, 0.3) is 0 Å².